The summed E-state index contributed by atoms with van der Waals surface area (Å²) in [7, 11) is 1.50. The molecule has 0 heterocycles. The number of aliphatic hydroxyl groups excluding tert-OH is 1. The van der Waals surface area contributed by atoms with E-state index in [9.17, 15) is 9.59 Å². The fourth-order valence-electron chi connectivity index (χ4n) is 10.5. The standard InChI is InChI=1S/C35H60O5/c1-25(13-18-32(37)39-4)29-16-17-30-28-15-14-26-24-27(19-21-34(26,2)31(28)20-22-35(29,30)3)40-33(38)12-10-8-6-5-7-9-11-23-36/h25-31,36H,5-24H2,1-4H3/t25-,26?,27+,28+,29-,30+,31+,34+,35-/m1/s1. The fourth-order valence-corrected chi connectivity index (χ4v) is 10.5. The maximum atomic E-state index is 12.6. The molecule has 5 heteroatoms. The second-order valence-corrected chi connectivity index (χ2v) is 14.8. The summed E-state index contributed by atoms with van der Waals surface area (Å²) in [5.74, 6) is 4.47. The Morgan fingerprint density at radius 3 is 2.20 bits per heavy atom. The molecule has 4 fully saturated rings. The zero-order chi connectivity index (χ0) is 28.8. The lowest BCUT2D eigenvalue weighted by Crippen LogP contribution is -2.54. The summed E-state index contributed by atoms with van der Waals surface area (Å²) in [5.41, 5.74) is 0.823. The summed E-state index contributed by atoms with van der Waals surface area (Å²) in [6.07, 6.45) is 21.2. The Kier molecular flexibility index (Phi) is 11.4. The van der Waals surface area contributed by atoms with Crippen LogP contribution in [0.3, 0.4) is 0 Å². The molecule has 1 N–H and O–H groups in total. The van der Waals surface area contributed by atoms with Gasteiger partial charge in [-0.15, -0.1) is 0 Å². The molecule has 0 bridgehead atoms. The Morgan fingerprint density at radius 1 is 0.800 bits per heavy atom. The van der Waals surface area contributed by atoms with Crippen LogP contribution in [0.5, 0.6) is 0 Å². The first kappa shape index (κ1) is 31.8. The van der Waals surface area contributed by atoms with Gasteiger partial charge in [-0.05, 0) is 123 Å². The average molecular weight is 561 g/mol. The number of fused-ring (bicyclic) bond motifs is 5. The van der Waals surface area contributed by atoms with Gasteiger partial charge < -0.3 is 14.6 Å². The van der Waals surface area contributed by atoms with Gasteiger partial charge in [0.2, 0.25) is 0 Å². The Bertz CT molecular complexity index is 827. The van der Waals surface area contributed by atoms with Crippen molar-refractivity contribution >= 4 is 11.9 Å². The van der Waals surface area contributed by atoms with Crippen LogP contribution in [0.15, 0.2) is 0 Å². The third-order valence-electron chi connectivity index (χ3n) is 12.7. The van der Waals surface area contributed by atoms with Crippen molar-refractivity contribution in [2.24, 2.45) is 46.3 Å². The van der Waals surface area contributed by atoms with E-state index in [0.717, 1.165) is 68.6 Å². The van der Waals surface area contributed by atoms with E-state index in [-0.39, 0.29) is 18.0 Å². The van der Waals surface area contributed by atoms with Gasteiger partial charge in [-0.3, -0.25) is 9.59 Å². The number of hydrogen-bond acceptors (Lipinski definition) is 5. The van der Waals surface area contributed by atoms with Crippen LogP contribution in [0.25, 0.3) is 0 Å². The van der Waals surface area contributed by atoms with Crippen LogP contribution < -0.4 is 0 Å². The van der Waals surface area contributed by atoms with E-state index in [1.54, 1.807) is 0 Å². The largest absolute Gasteiger partial charge is 0.469 e. The number of rotatable bonds is 14. The molecule has 0 aromatic heterocycles. The van der Waals surface area contributed by atoms with Crippen LogP contribution in [0, 0.1) is 46.3 Å². The predicted octanol–water partition coefficient (Wildman–Crippen LogP) is 8.26. The molecule has 230 valence electrons. The zero-order valence-electron chi connectivity index (χ0n) is 26.3. The molecular weight excluding hydrogens is 500 g/mol. The minimum absolute atomic E-state index is 0.0225. The number of methoxy groups -OCH3 is 1. The van der Waals surface area contributed by atoms with Crippen molar-refractivity contribution in [3.05, 3.63) is 0 Å². The summed E-state index contributed by atoms with van der Waals surface area (Å²) in [6.45, 7) is 7.88. The van der Waals surface area contributed by atoms with Gasteiger partial charge in [0, 0.05) is 19.4 Å². The lowest BCUT2D eigenvalue weighted by Gasteiger charge is -2.61. The minimum Gasteiger partial charge on any atom is -0.469 e. The van der Waals surface area contributed by atoms with Gasteiger partial charge in [-0.25, -0.2) is 0 Å². The zero-order valence-corrected chi connectivity index (χ0v) is 26.3. The quantitative estimate of drug-likeness (QED) is 0.171. The molecule has 1 unspecified atom stereocenters. The van der Waals surface area contributed by atoms with E-state index in [0.29, 0.717) is 42.1 Å². The van der Waals surface area contributed by atoms with Crippen LogP contribution >= 0.6 is 0 Å². The van der Waals surface area contributed by atoms with Crippen molar-refractivity contribution in [2.45, 2.75) is 149 Å². The fraction of sp³-hybridized carbons (Fsp3) is 0.943. The van der Waals surface area contributed by atoms with Crippen LogP contribution in [0.2, 0.25) is 0 Å². The third kappa shape index (κ3) is 7.09. The average Bonchev–Trinajstić information content (AvgIpc) is 3.30. The monoisotopic (exact) mass is 560 g/mol. The molecule has 0 amide bonds. The molecule has 0 radical (unpaired) electrons. The highest BCUT2D eigenvalue weighted by molar-refractivity contribution is 5.69. The molecular formula is C35H60O5. The number of ether oxygens (including phenoxy) is 2. The van der Waals surface area contributed by atoms with Crippen molar-refractivity contribution in [1.82, 2.24) is 0 Å². The van der Waals surface area contributed by atoms with Crippen LogP contribution in [0.1, 0.15) is 143 Å². The van der Waals surface area contributed by atoms with Gasteiger partial charge in [0.05, 0.1) is 7.11 Å². The first-order chi connectivity index (χ1) is 19.2. The topological polar surface area (TPSA) is 72.8 Å². The first-order valence-corrected chi connectivity index (χ1v) is 17.1. The second-order valence-electron chi connectivity index (χ2n) is 14.8. The molecule has 9 atom stereocenters. The highest BCUT2D eigenvalue weighted by Gasteiger charge is 2.60. The van der Waals surface area contributed by atoms with Crippen LogP contribution in [0.4, 0.5) is 0 Å². The van der Waals surface area contributed by atoms with Crippen molar-refractivity contribution in [2.75, 3.05) is 13.7 Å². The number of carbonyl (C=O) groups is 2. The Morgan fingerprint density at radius 2 is 1.48 bits per heavy atom. The Balaban J connectivity index is 1.24. The SMILES string of the molecule is COC(=O)CC[C@@H](C)[C@H]1CC[C@H]2[C@@H]3CCC4C[C@@H](OC(=O)CCCCCCCCCO)CC[C@]4(C)[C@H]3CC[C@]12C. The van der Waals surface area contributed by atoms with E-state index in [1.807, 2.05) is 0 Å². The van der Waals surface area contributed by atoms with Crippen LogP contribution in [-0.2, 0) is 19.1 Å². The van der Waals surface area contributed by atoms with Gasteiger partial charge in [-0.2, -0.15) is 0 Å². The van der Waals surface area contributed by atoms with Crippen molar-refractivity contribution < 1.29 is 24.2 Å². The molecule has 4 rings (SSSR count). The lowest BCUT2D eigenvalue weighted by molar-refractivity contribution is -0.162. The maximum Gasteiger partial charge on any atom is 0.306 e. The maximum absolute atomic E-state index is 12.6. The molecule has 40 heavy (non-hydrogen) atoms. The second kappa shape index (κ2) is 14.4. The van der Waals surface area contributed by atoms with E-state index in [4.69, 9.17) is 14.6 Å². The molecule has 5 nitrogen and oxygen atoms in total. The van der Waals surface area contributed by atoms with E-state index in [2.05, 4.69) is 20.8 Å². The van der Waals surface area contributed by atoms with Crippen molar-refractivity contribution in [1.29, 1.82) is 0 Å². The van der Waals surface area contributed by atoms with Crippen molar-refractivity contribution in [3.8, 4) is 0 Å². The lowest BCUT2D eigenvalue weighted by atomic mass is 9.44. The number of esters is 2. The smallest absolute Gasteiger partial charge is 0.306 e. The number of aliphatic hydroxyl groups is 1. The molecule has 0 aromatic rings. The molecule has 4 saturated carbocycles. The van der Waals surface area contributed by atoms with Crippen LogP contribution in [-0.4, -0.2) is 36.9 Å². The van der Waals surface area contributed by atoms with Gasteiger partial charge in [0.1, 0.15) is 6.10 Å². The van der Waals surface area contributed by atoms with E-state index >= 15 is 0 Å². The Labute approximate surface area is 244 Å². The first-order valence-electron chi connectivity index (χ1n) is 17.1. The summed E-state index contributed by atoms with van der Waals surface area (Å²) in [4.78, 5) is 24.4. The highest BCUT2D eigenvalue weighted by atomic mass is 16.5. The molecule has 0 spiro atoms. The summed E-state index contributed by atoms with van der Waals surface area (Å²) in [5, 5.41) is 8.87. The van der Waals surface area contributed by atoms with Gasteiger partial charge in [-0.1, -0.05) is 52.9 Å². The number of unbranched alkanes of at least 4 members (excludes halogenated alkanes) is 6. The summed E-state index contributed by atoms with van der Waals surface area (Å²) < 4.78 is 11.0. The highest BCUT2D eigenvalue weighted by Crippen LogP contribution is 2.68. The van der Waals surface area contributed by atoms with Gasteiger partial charge >= 0.3 is 11.9 Å². The van der Waals surface area contributed by atoms with E-state index < -0.39 is 0 Å². The van der Waals surface area contributed by atoms with Crippen molar-refractivity contribution in [3.63, 3.8) is 0 Å². The molecule has 4 aliphatic carbocycles. The molecule has 0 aliphatic heterocycles. The predicted molar refractivity (Wildman–Crippen MR) is 160 cm³/mol. The normalized spacial score (nSPS) is 37.6. The molecule has 0 saturated heterocycles. The Hall–Kier alpha value is -1.10. The number of hydrogen-bond donors (Lipinski definition) is 1. The molecule has 4 aliphatic rings. The third-order valence-corrected chi connectivity index (χ3v) is 12.7. The van der Waals surface area contributed by atoms with Gasteiger partial charge in [0.15, 0.2) is 0 Å². The summed E-state index contributed by atoms with van der Waals surface area (Å²) >= 11 is 0. The summed E-state index contributed by atoms with van der Waals surface area (Å²) in [6, 6.07) is 0. The minimum atomic E-state index is -0.0657. The van der Waals surface area contributed by atoms with E-state index in [1.165, 1.54) is 71.3 Å². The molecule has 0 aromatic carbocycles. The number of carbonyl (C=O) groups excluding carboxylic acids is 2. The van der Waals surface area contributed by atoms with Gasteiger partial charge in [0.25, 0.3) is 0 Å².